The smallest absolute Gasteiger partial charge is 0.261 e. The highest BCUT2D eigenvalue weighted by Crippen LogP contribution is 2.26. The number of nitrogens with one attached hydrogen (secondary N) is 2. The first kappa shape index (κ1) is 25.2. The zero-order valence-corrected chi connectivity index (χ0v) is 21.3. The Balaban J connectivity index is 1.49. The zero-order valence-electron chi connectivity index (χ0n) is 19.7. The molecule has 1 amide bonds. The van der Waals surface area contributed by atoms with Crippen LogP contribution in [0.2, 0.25) is 0 Å². The second-order valence-electron chi connectivity index (χ2n) is 8.20. The monoisotopic (exact) mass is 515 g/mol. The molecular formula is C25H29N3O5S2. The standard InChI is InChI=1S/C25H29N3O5S2/c1-18-5-10-21(35(30,31)27-19-6-8-20(32-2)9-7-19)16-22(18)25(29)26-17-23(24-4-3-15-34-24)28-11-13-33-14-12-28/h3-10,15-16,23,27H,11-14,17H2,1-2H3,(H,26,29)/t23-/m0/s1. The molecule has 8 nitrogen and oxygen atoms in total. The fourth-order valence-electron chi connectivity index (χ4n) is 3.95. The van der Waals surface area contributed by atoms with Crippen molar-refractivity contribution in [1.29, 1.82) is 0 Å². The van der Waals surface area contributed by atoms with Crippen LogP contribution in [0.5, 0.6) is 5.75 Å². The largest absolute Gasteiger partial charge is 0.497 e. The summed E-state index contributed by atoms with van der Waals surface area (Å²) >= 11 is 1.66. The molecule has 1 aliphatic heterocycles. The molecule has 0 spiro atoms. The van der Waals surface area contributed by atoms with Gasteiger partial charge >= 0.3 is 0 Å². The summed E-state index contributed by atoms with van der Waals surface area (Å²) in [6, 6.07) is 15.3. The molecule has 0 aliphatic carbocycles. The van der Waals surface area contributed by atoms with E-state index in [2.05, 4.69) is 21.0 Å². The molecule has 10 heteroatoms. The van der Waals surface area contributed by atoms with Crippen molar-refractivity contribution in [2.75, 3.05) is 44.7 Å². The normalized spacial score (nSPS) is 15.4. The molecule has 186 valence electrons. The van der Waals surface area contributed by atoms with Crippen LogP contribution in [0.25, 0.3) is 0 Å². The Morgan fingerprint density at radius 1 is 1.14 bits per heavy atom. The van der Waals surface area contributed by atoms with Crippen molar-refractivity contribution in [3.63, 3.8) is 0 Å². The molecule has 35 heavy (non-hydrogen) atoms. The number of hydrogen-bond acceptors (Lipinski definition) is 7. The van der Waals surface area contributed by atoms with Crippen LogP contribution in [0.3, 0.4) is 0 Å². The quantitative estimate of drug-likeness (QED) is 0.451. The van der Waals surface area contributed by atoms with E-state index in [1.807, 2.05) is 11.4 Å². The van der Waals surface area contributed by atoms with Crippen molar-refractivity contribution < 1.29 is 22.7 Å². The van der Waals surface area contributed by atoms with Gasteiger partial charge in [-0.3, -0.25) is 14.4 Å². The predicted octanol–water partition coefficient (Wildman–Crippen LogP) is 3.67. The Hall–Kier alpha value is -2.92. The average Bonchev–Trinajstić information content (AvgIpc) is 3.40. The summed E-state index contributed by atoms with van der Waals surface area (Å²) in [4.78, 5) is 16.6. The van der Waals surface area contributed by atoms with E-state index in [9.17, 15) is 13.2 Å². The summed E-state index contributed by atoms with van der Waals surface area (Å²) in [6.07, 6.45) is 0. The predicted molar refractivity (Wildman–Crippen MR) is 137 cm³/mol. The lowest BCUT2D eigenvalue weighted by Crippen LogP contribution is -2.43. The van der Waals surface area contributed by atoms with Crippen LogP contribution in [-0.4, -0.2) is 59.2 Å². The third-order valence-corrected chi connectivity index (χ3v) is 8.27. The van der Waals surface area contributed by atoms with E-state index in [1.54, 1.807) is 55.7 Å². The second kappa shape index (κ2) is 11.2. The van der Waals surface area contributed by atoms with Gasteiger partial charge < -0.3 is 14.8 Å². The summed E-state index contributed by atoms with van der Waals surface area (Å²) in [5.41, 5.74) is 1.43. The van der Waals surface area contributed by atoms with Crippen LogP contribution in [0.15, 0.2) is 64.9 Å². The topological polar surface area (TPSA) is 97.0 Å². The Morgan fingerprint density at radius 2 is 1.89 bits per heavy atom. The molecule has 0 unspecified atom stereocenters. The first-order valence-electron chi connectivity index (χ1n) is 11.3. The highest BCUT2D eigenvalue weighted by atomic mass is 32.2. The van der Waals surface area contributed by atoms with Gasteiger partial charge in [0, 0.05) is 35.8 Å². The number of methoxy groups -OCH3 is 1. The van der Waals surface area contributed by atoms with Crippen LogP contribution in [0, 0.1) is 6.92 Å². The van der Waals surface area contributed by atoms with Crippen molar-refractivity contribution in [3.05, 3.63) is 76.0 Å². The van der Waals surface area contributed by atoms with Crippen molar-refractivity contribution in [2.45, 2.75) is 17.9 Å². The summed E-state index contributed by atoms with van der Waals surface area (Å²) in [5, 5.41) is 5.05. The lowest BCUT2D eigenvalue weighted by molar-refractivity contribution is 0.0169. The van der Waals surface area contributed by atoms with Crippen LogP contribution < -0.4 is 14.8 Å². The minimum absolute atomic E-state index is 0.0204. The third kappa shape index (κ3) is 6.21. The third-order valence-electron chi connectivity index (χ3n) is 5.92. The molecule has 1 aromatic heterocycles. The first-order valence-corrected chi connectivity index (χ1v) is 13.6. The molecule has 3 aromatic rings. The van der Waals surface area contributed by atoms with Gasteiger partial charge in [-0.25, -0.2) is 8.42 Å². The molecular weight excluding hydrogens is 486 g/mol. The van der Waals surface area contributed by atoms with Crippen LogP contribution >= 0.6 is 11.3 Å². The van der Waals surface area contributed by atoms with Gasteiger partial charge in [-0.05, 0) is 60.3 Å². The van der Waals surface area contributed by atoms with E-state index in [-0.39, 0.29) is 16.8 Å². The summed E-state index contributed by atoms with van der Waals surface area (Å²) in [7, 11) is -2.34. The molecule has 0 bridgehead atoms. The maximum Gasteiger partial charge on any atom is 0.261 e. The number of rotatable bonds is 9. The maximum absolute atomic E-state index is 13.2. The number of sulfonamides is 1. The average molecular weight is 516 g/mol. The van der Waals surface area contributed by atoms with E-state index in [4.69, 9.17) is 9.47 Å². The number of amides is 1. The van der Waals surface area contributed by atoms with E-state index in [0.717, 1.165) is 13.1 Å². The van der Waals surface area contributed by atoms with Gasteiger partial charge in [0.15, 0.2) is 0 Å². The van der Waals surface area contributed by atoms with Gasteiger partial charge in [-0.2, -0.15) is 0 Å². The van der Waals surface area contributed by atoms with Gasteiger partial charge in [-0.1, -0.05) is 12.1 Å². The molecule has 0 radical (unpaired) electrons. The highest BCUT2D eigenvalue weighted by molar-refractivity contribution is 7.92. The van der Waals surface area contributed by atoms with Gasteiger partial charge in [-0.15, -0.1) is 11.3 Å². The number of morpholine rings is 1. The summed E-state index contributed by atoms with van der Waals surface area (Å²) < 4.78 is 39.1. The number of benzene rings is 2. The lowest BCUT2D eigenvalue weighted by Gasteiger charge is -2.34. The van der Waals surface area contributed by atoms with Crippen molar-refractivity contribution in [1.82, 2.24) is 10.2 Å². The van der Waals surface area contributed by atoms with Crippen molar-refractivity contribution in [2.24, 2.45) is 0 Å². The summed E-state index contributed by atoms with van der Waals surface area (Å²) in [6.45, 7) is 5.12. The maximum atomic E-state index is 13.2. The Morgan fingerprint density at radius 3 is 2.54 bits per heavy atom. The Bertz CT molecular complexity index is 1240. The molecule has 1 atom stereocenters. The van der Waals surface area contributed by atoms with E-state index in [1.165, 1.54) is 17.0 Å². The Labute approximate surface area is 209 Å². The van der Waals surface area contributed by atoms with Gasteiger partial charge in [0.25, 0.3) is 15.9 Å². The number of aryl methyl sites for hydroxylation is 1. The van der Waals surface area contributed by atoms with Crippen molar-refractivity contribution in [3.8, 4) is 5.75 Å². The highest BCUT2D eigenvalue weighted by Gasteiger charge is 2.25. The van der Waals surface area contributed by atoms with Crippen LogP contribution in [-0.2, 0) is 14.8 Å². The zero-order chi connectivity index (χ0) is 24.8. The molecule has 4 rings (SSSR count). The molecule has 1 saturated heterocycles. The first-order chi connectivity index (χ1) is 16.9. The number of nitrogens with zero attached hydrogens (tertiary/aromatic N) is 1. The SMILES string of the molecule is COc1ccc(NS(=O)(=O)c2ccc(C)c(C(=O)NC[C@@H](c3cccs3)N3CCOCC3)c2)cc1. The molecule has 2 N–H and O–H groups in total. The van der Waals surface area contributed by atoms with Crippen molar-refractivity contribution >= 4 is 33.0 Å². The number of anilines is 1. The van der Waals surface area contributed by atoms with Gasteiger partial charge in [0.05, 0.1) is 31.3 Å². The van der Waals surface area contributed by atoms with Gasteiger partial charge in [0.2, 0.25) is 0 Å². The molecule has 1 aliphatic rings. The number of ether oxygens (including phenoxy) is 2. The van der Waals surface area contributed by atoms with E-state index >= 15 is 0 Å². The van der Waals surface area contributed by atoms with Crippen LogP contribution in [0.4, 0.5) is 5.69 Å². The lowest BCUT2D eigenvalue weighted by atomic mass is 10.1. The van der Waals surface area contributed by atoms with E-state index < -0.39 is 10.0 Å². The fraction of sp³-hybridized carbons (Fsp3) is 0.320. The molecule has 0 saturated carbocycles. The molecule has 2 heterocycles. The molecule has 2 aromatic carbocycles. The van der Waals surface area contributed by atoms with Crippen LogP contribution in [0.1, 0.15) is 26.8 Å². The molecule has 1 fully saturated rings. The van der Waals surface area contributed by atoms with E-state index in [0.29, 0.717) is 42.3 Å². The number of carbonyl (C=O) groups excluding carboxylic acids is 1. The minimum Gasteiger partial charge on any atom is -0.497 e. The Kier molecular flexibility index (Phi) is 8.07. The number of thiophene rings is 1. The second-order valence-corrected chi connectivity index (χ2v) is 10.9. The summed E-state index contributed by atoms with van der Waals surface area (Å²) in [5.74, 6) is 0.319. The minimum atomic E-state index is -3.88. The number of carbonyl (C=O) groups is 1. The number of hydrogen-bond donors (Lipinski definition) is 2. The fourth-order valence-corrected chi connectivity index (χ4v) is 5.90. The van der Waals surface area contributed by atoms with Gasteiger partial charge in [0.1, 0.15) is 5.75 Å².